The molecule has 2 amide bonds. The van der Waals surface area contributed by atoms with E-state index in [1.54, 1.807) is 9.80 Å². The molecule has 2 rings (SSSR count). The van der Waals surface area contributed by atoms with E-state index < -0.39 is 5.54 Å². The number of nitro groups is 1. The van der Waals surface area contributed by atoms with Gasteiger partial charge in [0.15, 0.2) is 0 Å². The van der Waals surface area contributed by atoms with Gasteiger partial charge in [0, 0.05) is 17.8 Å². The first kappa shape index (κ1) is 18.6. The van der Waals surface area contributed by atoms with Crippen LogP contribution in [0.25, 0.3) is 0 Å². The Hall–Kier alpha value is -1.70. The number of rotatable bonds is 7. The van der Waals surface area contributed by atoms with Crippen molar-refractivity contribution in [2.75, 3.05) is 33.0 Å². The molecule has 0 N–H and O–H groups in total. The summed E-state index contributed by atoms with van der Waals surface area (Å²) in [6.07, 6.45) is 4.28. The number of fused-ring (bicyclic) bond motifs is 2. The summed E-state index contributed by atoms with van der Waals surface area (Å²) in [5.74, 6) is -0.0583. The molecule has 2 fully saturated rings. The molecule has 0 saturated carbocycles. The zero-order chi connectivity index (χ0) is 17.7. The van der Waals surface area contributed by atoms with E-state index in [1.807, 2.05) is 18.7 Å². The number of amides is 2. The van der Waals surface area contributed by atoms with Gasteiger partial charge in [-0.25, -0.2) is 0 Å². The summed E-state index contributed by atoms with van der Waals surface area (Å²) in [4.78, 5) is 41.1. The molecule has 0 atom stereocenters. The third-order valence-corrected chi connectivity index (χ3v) is 4.81. The van der Waals surface area contributed by atoms with Crippen LogP contribution in [-0.2, 0) is 9.59 Å². The zero-order valence-corrected chi connectivity index (χ0v) is 14.7. The van der Waals surface area contributed by atoms with Gasteiger partial charge < -0.3 is 9.80 Å². The van der Waals surface area contributed by atoms with Crippen molar-refractivity contribution in [3.8, 4) is 0 Å². The maximum atomic E-state index is 12.3. The molecule has 24 heavy (non-hydrogen) atoms. The normalized spacial score (nSPS) is 26.3. The minimum Gasteiger partial charge on any atom is -0.322 e. The van der Waals surface area contributed by atoms with Crippen molar-refractivity contribution in [1.29, 1.82) is 0 Å². The number of unbranched alkanes of at least 4 members (excludes halogenated alkanes) is 2. The molecule has 0 unspecified atom stereocenters. The quantitative estimate of drug-likeness (QED) is 0.515. The fourth-order valence-electron chi connectivity index (χ4n) is 3.48. The van der Waals surface area contributed by atoms with Crippen molar-refractivity contribution in [1.82, 2.24) is 14.7 Å². The van der Waals surface area contributed by atoms with Gasteiger partial charge in [0.25, 0.3) is 5.54 Å². The smallest absolute Gasteiger partial charge is 0.269 e. The number of carbonyl (C=O) groups excluding carboxylic acids is 2. The molecule has 2 aliphatic rings. The molecule has 0 aromatic rings. The van der Waals surface area contributed by atoms with E-state index in [4.69, 9.17) is 0 Å². The summed E-state index contributed by atoms with van der Waals surface area (Å²) in [6.45, 7) is 5.26. The first-order valence-corrected chi connectivity index (χ1v) is 8.84. The minimum atomic E-state index is -1.26. The predicted octanol–water partition coefficient (Wildman–Crippen LogP) is 1.28. The average Bonchev–Trinajstić information content (AvgIpc) is 2.56. The fourth-order valence-corrected chi connectivity index (χ4v) is 3.48. The van der Waals surface area contributed by atoms with Crippen molar-refractivity contribution in [2.45, 2.75) is 57.9 Å². The Morgan fingerprint density at radius 1 is 0.958 bits per heavy atom. The Kier molecular flexibility index (Phi) is 6.15. The topological polar surface area (TPSA) is 87.0 Å². The summed E-state index contributed by atoms with van der Waals surface area (Å²) in [5, 5.41) is 11.8. The molecule has 0 spiro atoms. The Bertz CT molecular complexity index is 464. The standard InChI is InChI=1S/C16H28N4O4/c1-3-5-7-14(21)18-10-16(20(23)24)9-17(12-18)13-19(11-16)15(22)8-6-4-2/h3-13H2,1-2H3. The van der Waals surface area contributed by atoms with E-state index in [0.29, 0.717) is 32.7 Å². The highest BCUT2D eigenvalue weighted by Gasteiger charge is 2.55. The lowest BCUT2D eigenvalue weighted by atomic mass is 9.93. The highest BCUT2D eigenvalue weighted by molar-refractivity contribution is 5.77. The minimum absolute atomic E-state index is 0.0291. The van der Waals surface area contributed by atoms with E-state index in [1.165, 1.54) is 0 Å². The highest BCUT2D eigenvalue weighted by Crippen LogP contribution is 2.27. The molecule has 2 saturated heterocycles. The Morgan fingerprint density at radius 2 is 1.42 bits per heavy atom. The molecule has 0 aromatic carbocycles. The van der Waals surface area contributed by atoms with Crippen molar-refractivity contribution >= 4 is 11.8 Å². The summed E-state index contributed by atoms with van der Waals surface area (Å²) in [7, 11) is 0. The second kappa shape index (κ2) is 7.92. The molecule has 8 heteroatoms. The van der Waals surface area contributed by atoms with E-state index in [2.05, 4.69) is 0 Å². The van der Waals surface area contributed by atoms with Gasteiger partial charge in [0.05, 0.1) is 33.0 Å². The van der Waals surface area contributed by atoms with Crippen LogP contribution in [0.1, 0.15) is 52.4 Å². The molecule has 0 aliphatic carbocycles. The summed E-state index contributed by atoms with van der Waals surface area (Å²) in [6, 6.07) is 0. The number of nitrogens with zero attached hydrogens (tertiary/aromatic N) is 4. The van der Waals surface area contributed by atoms with Crippen LogP contribution in [0, 0.1) is 10.1 Å². The fraction of sp³-hybridized carbons (Fsp3) is 0.875. The van der Waals surface area contributed by atoms with E-state index in [-0.39, 0.29) is 29.8 Å². The molecule has 0 aromatic heterocycles. The Balaban J connectivity index is 2.10. The van der Waals surface area contributed by atoms with Crippen molar-refractivity contribution < 1.29 is 14.5 Å². The van der Waals surface area contributed by atoms with Crippen LogP contribution < -0.4 is 0 Å². The van der Waals surface area contributed by atoms with E-state index in [9.17, 15) is 19.7 Å². The van der Waals surface area contributed by atoms with Crippen LogP contribution in [0.5, 0.6) is 0 Å². The van der Waals surface area contributed by atoms with Crippen LogP contribution in [0.4, 0.5) is 0 Å². The maximum Gasteiger partial charge on any atom is 0.269 e. The van der Waals surface area contributed by atoms with Crippen LogP contribution >= 0.6 is 0 Å². The third kappa shape index (κ3) is 4.03. The number of carbonyl (C=O) groups is 2. The molecule has 2 aliphatic heterocycles. The SMILES string of the molecule is CCCCC(=O)N1CN2CN(C(=O)CCCC)CC([N+](=O)[O-])(C2)C1. The van der Waals surface area contributed by atoms with Crippen molar-refractivity contribution in [2.24, 2.45) is 0 Å². The third-order valence-electron chi connectivity index (χ3n) is 4.81. The molecular formula is C16H28N4O4. The van der Waals surface area contributed by atoms with Crippen molar-refractivity contribution in [3.63, 3.8) is 0 Å². The Morgan fingerprint density at radius 3 is 1.79 bits per heavy atom. The van der Waals surface area contributed by atoms with E-state index in [0.717, 1.165) is 25.7 Å². The van der Waals surface area contributed by atoms with Gasteiger partial charge in [-0.3, -0.25) is 24.6 Å². The molecule has 2 bridgehead atoms. The second-order valence-corrected chi connectivity index (χ2v) is 6.98. The van der Waals surface area contributed by atoms with Crippen LogP contribution in [0.3, 0.4) is 0 Å². The molecule has 136 valence electrons. The molecular weight excluding hydrogens is 312 g/mol. The van der Waals surface area contributed by atoms with Crippen molar-refractivity contribution in [3.05, 3.63) is 10.1 Å². The highest BCUT2D eigenvalue weighted by atomic mass is 16.6. The Labute approximate surface area is 142 Å². The molecule has 0 radical (unpaired) electrons. The zero-order valence-electron chi connectivity index (χ0n) is 14.7. The lowest BCUT2D eigenvalue weighted by Gasteiger charge is -2.49. The van der Waals surface area contributed by atoms with Gasteiger partial charge >= 0.3 is 0 Å². The first-order valence-electron chi connectivity index (χ1n) is 8.84. The number of hydrogen-bond acceptors (Lipinski definition) is 5. The number of hydrogen-bond donors (Lipinski definition) is 0. The summed E-state index contributed by atoms with van der Waals surface area (Å²) >= 11 is 0. The summed E-state index contributed by atoms with van der Waals surface area (Å²) < 4.78 is 0. The van der Waals surface area contributed by atoms with Gasteiger partial charge in [0.2, 0.25) is 11.8 Å². The van der Waals surface area contributed by atoms with Gasteiger partial charge in [-0.05, 0) is 12.8 Å². The van der Waals surface area contributed by atoms with Crippen LogP contribution in [0.15, 0.2) is 0 Å². The lowest BCUT2D eigenvalue weighted by Crippen LogP contribution is -2.73. The maximum absolute atomic E-state index is 12.3. The van der Waals surface area contributed by atoms with Gasteiger partial charge in [-0.15, -0.1) is 0 Å². The van der Waals surface area contributed by atoms with Crippen LogP contribution in [0.2, 0.25) is 0 Å². The first-order chi connectivity index (χ1) is 11.4. The summed E-state index contributed by atoms with van der Waals surface area (Å²) in [5.41, 5.74) is -1.26. The average molecular weight is 340 g/mol. The largest absolute Gasteiger partial charge is 0.322 e. The van der Waals surface area contributed by atoms with Gasteiger partial charge in [-0.2, -0.15) is 0 Å². The van der Waals surface area contributed by atoms with Gasteiger partial charge in [-0.1, -0.05) is 26.7 Å². The molecule has 8 nitrogen and oxygen atoms in total. The van der Waals surface area contributed by atoms with Crippen LogP contribution in [-0.4, -0.2) is 69.9 Å². The second-order valence-electron chi connectivity index (χ2n) is 6.98. The lowest BCUT2D eigenvalue weighted by molar-refractivity contribution is -0.579. The monoisotopic (exact) mass is 340 g/mol. The van der Waals surface area contributed by atoms with E-state index >= 15 is 0 Å². The molecule has 2 heterocycles. The predicted molar refractivity (Wildman–Crippen MR) is 88.6 cm³/mol. The van der Waals surface area contributed by atoms with Gasteiger partial charge in [0.1, 0.15) is 0 Å².